The van der Waals surface area contributed by atoms with Gasteiger partial charge >= 0.3 is 0 Å². The zero-order valence-corrected chi connectivity index (χ0v) is 11.5. The predicted molar refractivity (Wildman–Crippen MR) is 75.3 cm³/mol. The highest BCUT2D eigenvalue weighted by atomic mass is 32.1. The molecule has 0 spiro atoms. The van der Waals surface area contributed by atoms with Crippen LogP contribution in [0.5, 0.6) is 0 Å². The standard InChI is InChI=1S/C14H16N2O2S/c1-10-16-13(9-19-10)14(18)15-8-12(17)7-11-5-3-2-4-6-11/h2-6,9,12,17H,7-8H2,1H3,(H,15,18)/t12-/m0/s1. The van der Waals surface area contributed by atoms with E-state index >= 15 is 0 Å². The van der Waals surface area contributed by atoms with Crippen LogP contribution in [0, 0.1) is 6.92 Å². The number of nitrogens with one attached hydrogen (secondary N) is 1. The normalized spacial score (nSPS) is 12.1. The Morgan fingerprint density at radius 1 is 1.42 bits per heavy atom. The van der Waals surface area contributed by atoms with Gasteiger partial charge in [0.05, 0.1) is 11.1 Å². The molecule has 2 aromatic rings. The number of aromatic nitrogens is 1. The molecule has 2 N–H and O–H groups in total. The molecule has 0 radical (unpaired) electrons. The molecule has 0 bridgehead atoms. The summed E-state index contributed by atoms with van der Waals surface area (Å²) in [5, 5.41) is 15.1. The molecule has 1 amide bonds. The highest BCUT2D eigenvalue weighted by Crippen LogP contribution is 2.07. The van der Waals surface area contributed by atoms with Gasteiger partial charge in [-0.2, -0.15) is 0 Å². The number of nitrogens with zero attached hydrogens (tertiary/aromatic N) is 1. The van der Waals surface area contributed by atoms with Gasteiger partial charge in [0.1, 0.15) is 5.69 Å². The van der Waals surface area contributed by atoms with Crippen LogP contribution in [0.3, 0.4) is 0 Å². The minimum absolute atomic E-state index is 0.226. The minimum Gasteiger partial charge on any atom is -0.391 e. The summed E-state index contributed by atoms with van der Waals surface area (Å²) in [5.74, 6) is -0.239. The lowest BCUT2D eigenvalue weighted by atomic mass is 10.1. The molecule has 0 aliphatic heterocycles. The second-order valence-corrected chi connectivity index (χ2v) is 5.37. The number of rotatable bonds is 5. The molecule has 2 rings (SSSR count). The van der Waals surface area contributed by atoms with Crippen LogP contribution in [0.25, 0.3) is 0 Å². The van der Waals surface area contributed by atoms with Crippen molar-refractivity contribution < 1.29 is 9.90 Å². The van der Waals surface area contributed by atoms with Crippen LogP contribution in [0.1, 0.15) is 21.1 Å². The Hall–Kier alpha value is -1.72. The first-order chi connectivity index (χ1) is 9.15. The summed E-state index contributed by atoms with van der Waals surface area (Å²) in [7, 11) is 0. The number of hydrogen-bond donors (Lipinski definition) is 2. The van der Waals surface area contributed by atoms with Crippen LogP contribution < -0.4 is 5.32 Å². The molecule has 4 nitrogen and oxygen atoms in total. The average molecular weight is 276 g/mol. The molecule has 19 heavy (non-hydrogen) atoms. The van der Waals surface area contributed by atoms with E-state index in [0.717, 1.165) is 10.6 Å². The number of benzene rings is 1. The molecule has 5 heteroatoms. The van der Waals surface area contributed by atoms with Gasteiger partial charge in [0, 0.05) is 18.3 Å². The molecule has 0 saturated carbocycles. The first kappa shape index (κ1) is 13.7. The van der Waals surface area contributed by atoms with Crippen LogP contribution in [-0.4, -0.2) is 28.6 Å². The zero-order valence-electron chi connectivity index (χ0n) is 10.7. The molecule has 0 saturated heterocycles. The number of aliphatic hydroxyl groups is 1. The third kappa shape index (κ3) is 4.15. The first-order valence-electron chi connectivity index (χ1n) is 6.07. The van der Waals surface area contributed by atoms with Crippen molar-refractivity contribution in [3.63, 3.8) is 0 Å². The molecule has 0 aliphatic rings. The van der Waals surface area contributed by atoms with Gasteiger partial charge in [0.25, 0.3) is 5.91 Å². The van der Waals surface area contributed by atoms with Crippen molar-refractivity contribution in [3.05, 3.63) is 52.0 Å². The van der Waals surface area contributed by atoms with Crippen molar-refractivity contribution in [3.8, 4) is 0 Å². The SMILES string of the molecule is Cc1nc(C(=O)NC[C@@H](O)Cc2ccccc2)cs1. The van der Waals surface area contributed by atoms with E-state index in [1.165, 1.54) is 11.3 Å². The van der Waals surface area contributed by atoms with E-state index in [2.05, 4.69) is 10.3 Å². The molecule has 0 fully saturated rings. The van der Waals surface area contributed by atoms with E-state index < -0.39 is 6.10 Å². The summed E-state index contributed by atoms with van der Waals surface area (Å²) >= 11 is 1.44. The molecule has 0 aliphatic carbocycles. The number of amides is 1. The summed E-state index contributed by atoms with van der Waals surface area (Å²) < 4.78 is 0. The van der Waals surface area contributed by atoms with Crippen LogP contribution in [0.4, 0.5) is 0 Å². The molecule has 1 aromatic carbocycles. The number of carbonyl (C=O) groups excluding carboxylic acids is 1. The van der Waals surface area contributed by atoms with Crippen molar-refractivity contribution in [2.24, 2.45) is 0 Å². The molecule has 100 valence electrons. The quantitative estimate of drug-likeness (QED) is 0.875. The Labute approximate surface area is 116 Å². The highest BCUT2D eigenvalue weighted by Gasteiger charge is 2.11. The summed E-state index contributed by atoms with van der Waals surface area (Å²) in [6.07, 6.45) is -0.0666. The fourth-order valence-electron chi connectivity index (χ4n) is 1.73. The summed E-state index contributed by atoms with van der Waals surface area (Å²) in [4.78, 5) is 15.8. The Morgan fingerprint density at radius 2 is 2.16 bits per heavy atom. The third-order valence-electron chi connectivity index (χ3n) is 2.66. The van der Waals surface area contributed by atoms with E-state index in [4.69, 9.17) is 0 Å². The lowest BCUT2D eigenvalue weighted by Gasteiger charge is -2.11. The molecule has 1 atom stereocenters. The lowest BCUT2D eigenvalue weighted by Crippen LogP contribution is -2.33. The van der Waals surface area contributed by atoms with Crippen molar-refractivity contribution in [1.82, 2.24) is 10.3 Å². The molecular weight excluding hydrogens is 260 g/mol. The zero-order chi connectivity index (χ0) is 13.7. The van der Waals surface area contributed by atoms with Crippen LogP contribution >= 0.6 is 11.3 Å². The van der Waals surface area contributed by atoms with Gasteiger partial charge in [0.15, 0.2) is 0 Å². The maximum atomic E-state index is 11.7. The number of aryl methyl sites for hydroxylation is 1. The maximum Gasteiger partial charge on any atom is 0.270 e. The van der Waals surface area contributed by atoms with Gasteiger partial charge in [-0.25, -0.2) is 4.98 Å². The van der Waals surface area contributed by atoms with E-state index in [1.807, 2.05) is 37.3 Å². The Morgan fingerprint density at radius 3 is 2.79 bits per heavy atom. The number of aliphatic hydroxyl groups excluding tert-OH is 1. The van der Waals surface area contributed by atoms with Gasteiger partial charge in [-0.05, 0) is 12.5 Å². The largest absolute Gasteiger partial charge is 0.391 e. The molecular formula is C14H16N2O2S. The van der Waals surface area contributed by atoms with Gasteiger partial charge in [0.2, 0.25) is 0 Å². The summed E-state index contributed by atoms with van der Waals surface area (Å²) in [6.45, 7) is 2.08. The fraction of sp³-hybridized carbons (Fsp3) is 0.286. The van der Waals surface area contributed by atoms with Crippen LogP contribution in [0.15, 0.2) is 35.7 Å². The topological polar surface area (TPSA) is 62.2 Å². The van der Waals surface area contributed by atoms with Crippen molar-refractivity contribution >= 4 is 17.2 Å². The average Bonchev–Trinajstić information content (AvgIpc) is 2.84. The van der Waals surface area contributed by atoms with Gasteiger partial charge < -0.3 is 10.4 Å². The maximum absolute atomic E-state index is 11.7. The predicted octanol–water partition coefficient (Wildman–Crippen LogP) is 1.78. The fourth-order valence-corrected chi connectivity index (χ4v) is 2.32. The number of carbonyl (C=O) groups is 1. The Bertz CT molecular complexity index is 539. The molecule has 1 heterocycles. The van der Waals surface area contributed by atoms with Crippen molar-refractivity contribution in [1.29, 1.82) is 0 Å². The number of hydrogen-bond acceptors (Lipinski definition) is 4. The van der Waals surface area contributed by atoms with Crippen LogP contribution in [0.2, 0.25) is 0 Å². The Balaban J connectivity index is 1.80. The summed E-state index contributed by atoms with van der Waals surface area (Å²) in [5.41, 5.74) is 1.46. The smallest absolute Gasteiger partial charge is 0.270 e. The third-order valence-corrected chi connectivity index (χ3v) is 3.44. The number of thiazole rings is 1. The van der Waals surface area contributed by atoms with Gasteiger partial charge in [-0.15, -0.1) is 11.3 Å². The van der Waals surface area contributed by atoms with E-state index in [1.54, 1.807) is 5.38 Å². The van der Waals surface area contributed by atoms with Crippen molar-refractivity contribution in [2.45, 2.75) is 19.4 Å². The second-order valence-electron chi connectivity index (χ2n) is 4.31. The van der Waals surface area contributed by atoms with Crippen LogP contribution in [-0.2, 0) is 6.42 Å². The first-order valence-corrected chi connectivity index (χ1v) is 6.95. The van der Waals surface area contributed by atoms with Gasteiger partial charge in [-0.1, -0.05) is 30.3 Å². The molecule has 0 unspecified atom stereocenters. The monoisotopic (exact) mass is 276 g/mol. The van der Waals surface area contributed by atoms with Gasteiger partial charge in [-0.3, -0.25) is 4.79 Å². The summed E-state index contributed by atoms with van der Waals surface area (Å²) in [6, 6.07) is 9.70. The highest BCUT2D eigenvalue weighted by molar-refractivity contribution is 7.09. The minimum atomic E-state index is -0.592. The van der Waals surface area contributed by atoms with E-state index in [9.17, 15) is 9.90 Å². The van der Waals surface area contributed by atoms with E-state index in [0.29, 0.717) is 12.1 Å². The van der Waals surface area contributed by atoms with Crippen molar-refractivity contribution in [2.75, 3.05) is 6.54 Å². The molecule has 1 aromatic heterocycles. The second kappa shape index (κ2) is 6.45. The Kier molecular flexibility index (Phi) is 4.65. The van der Waals surface area contributed by atoms with E-state index in [-0.39, 0.29) is 12.5 Å². The lowest BCUT2D eigenvalue weighted by molar-refractivity contribution is 0.0911.